The average Bonchev–Trinajstić information content (AvgIpc) is 3.15. The second-order valence-corrected chi connectivity index (χ2v) is 10.8. The molecule has 7 heteroatoms. The number of hydrogen-bond donors (Lipinski definition) is 0. The zero-order valence-electron chi connectivity index (χ0n) is 21.1. The zero-order valence-corrected chi connectivity index (χ0v) is 21.9. The summed E-state index contributed by atoms with van der Waals surface area (Å²) in [5.74, 6) is 2.14. The fraction of sp³-hybridized carbons (Fsp3) is 0.462. The van der Waals surface area contributed by atoms with Crippen LogP contribution in [-0.2, 0) is 16.1 Å². The number of aromatic nitrogens is 3. The van der Waals surface area contributed by atoms with Crippen LogP contribution in [0.4, 0.5) is 0 Å². The Bertz CT molecular complexity index is 1180. The largest absolute Gasteiger partial charge is 0.460 e. The van der Waals surface area contributed by atoms with Crippen LogP contribution in [0.5, 0.6) is 0 Å². The molecule has 4 rings (SSSR count). The van der Waals surface area contributed by atoms with Crippen LogP contribution in [0.2, 0.25) is 0 Å². The molecule has 0 fully saturated rings. The van der Waals surface area contributed by atoms with Gasteiger partial charge in [0.2, 0.25) is 0 Å². The van der Waals surface area contributed by atoms with Gasteiger partial charge >= 0.3 is 5.97 Å². The molecule has 0 aliphatic carbocycles. The van der Waals surface area contributed by atoms with E-state index in [2.05, 4.69) is 66.7 Å². The number of aryl methyl sites for hydroxylation is 2. The summed E-state index contributed by atoms with van der Waals surface area (Å²) in [4.78, 5) is 16.5. The van der Waals surface area contributed by atoms with E-state index >= 15 is 0 Å². The van der Waals surface area contributed by atoms with Gasteiger partial charge < -0.3 is 4.74 Å². The van der Waals surface area contributed by atoms with Gasteiger partial charge in [0, 0.05) is 22.9 Å². The molecule has 0 atom stereocenters. The molecule has 33 heavy (non-hydrogen) atoms. The quantitative estimate of drug-likeness (QED) is 0.429. The Morgan fingerprint density at radius 3 is 2.24 bits per heavy atom. The molecule has 0 amide bonds. The van der Waals surface area contributed by atoms with Crippen molar-refractivity contribution >= 4 is 23.0 Å². The topological polar surface area (TPSA) is 69.4 Å². The lowest BCUT2D eigenvalue weighted by atomic mass is 9.96. The molecule has 3 heterocycles. The fourth-order valence-corrected chi connectivity index (χ4v) is 4.97. The van der Waals surface area contributed by atoms with E-state index in [-0.39, 0.29) is 11.6 Å². The molecule has 1 aliphatic heterocycles. The molecule has 0 saturated heterocycles. The Morgan fingerprint density at radius 1 is 1.09 bits per heavy atom. The van der Waals surface area contributed by atoms with Crippen LogP contribution in [-0.4, -0.2) is 32.0 Å². The number of nitrogens with zero attached hydrogens (tertiary/aromatic N) is 4. The van der Waals surface area contributed by atoms with Gasteiger partial charge in [-0.15, -0.1) is 21.5 Å². The van der Waals surface area contributed by atoms with Crippen molar-refractivity contribution in [2.45, 2.75) is 80.4 Å². The smallest absolute Gasteiger partial charge is 0.303 e. The maximum atomic E-state index is 10.2. The van der Waals surface area contributed by atoms with Crippen LogP contribution in [0.15, 0.2) is 29.3 Å². The molecule has 1 aromatic carbocycles. The third kappa shape index (κ3) is 5.58. The zero-order chi connectivity index (χ0) is 24.5. The number of ether oxygens (including phenoxy) is 1. The Hall–Kier alpha value is -2.80. The predicted octanol–water partition coefficient (Wildman–Crippen LogP) is 6.08. The lowest BCUT2D eigenvalue weighted by Gasteiger charge is -2.17. The number of carbonyl (C=O) groups is 1. The lowest BCUT2D eigenvalue weighted by Crippen LogP contribution is -2.21. The Kier molecular flexibility index (Phi) is 7.22. The summed E-state index contributed by atoms with van der Waals surface area (Å²) < 4.78 is 6.96. The summed E-state index contributed by atoms with van der Waals surface area (Å²) >= 11 is 1.80. The van der Waals surface area contributed by atoms with Crippen LogP contribution in [0.1, 0.15) is 86.2 Å². The maximum Gasteiger partial charge on any atom is 0.303 e. The molecule has 176 valence electrons. The van der Waals surface area contributed by atoms with Gasteiger partial charge in [-0.05, 0) is 58.6 Å². The van der Waals surface area contributed by atoms with E-state index < -0.39 is 0 Å². The molecule has 0 radical (unpaired) electrons. The van der Waals surface area contributed by atoms with Gasteiger partial charge in [-0.1, -0.05) is 38.1 Å². The number of benzene rings is 1. The second-order valence-electron chi connectivity index (χ2n) is 9.61. The minimum absolute atomic E-state index is 0.225. The van der Waals surface area contributed by atoms with Gasteiger partial charge in [-0.2, -0.15) is 0 Å². The molecule has 3 aromatic rings. The van der Waals surface area contributed by atoms with E-state index in [4.69, 9.17) is 9.73 Å². The minimum atomic E-state index is -0.328. The van der Waals surface area contributed by atoms with E-state index in [0.717, 1.165) is 17.4 Å². The standard InChI is InChI=1S/C20H22N4S.C6H12O2/c1-11(2)15-6-8-16(9-7-15)19-18-12(3)13(4)25-20(18)24-14(5)22-23-17(24)10-21-19;1-5(7)8-6(2,3)4/h6-9,11H,10H2,1-5H3;1-4H3. The van der Waals surface area contributed by atoms with Crippen LogP contribution in [0, 0.1) is 20.8 Å². The van der Waals surface area contributed by atoms with Gasteiger partial charge in [0.1, 0.15) is 23.0 Å². The number of hydrogen-bond acceptors (Lipinski definition) is 6. The minimum Gasteiger partial charge on any atom is -0.460 e. The predicted molar refractivity (Wildman–Crippen MR) is 135 cm³/mol. The van der Waals surface area contributed by atoms with Crippen molar-refractivity contribution in [3.05, 3.63) is 63.0 Å². The molecular weight excluding hydrogens is 432 g/mol. The van der Waals surface area contributed by atoms with Crippen LogP contribution in [0.3, 0.4) is 0 Å². The normalized spacial score (nSPS) is 12.8. The van der Waals surface area contributed by atoms with Crippen molar-refractivity contribution < 1.29 is 9.53 Å². The highest BCUT2D eigenvalue weighted by atomic mass is 32.1. The highest BCUT2D eigenvalue weighted by Crippen LogP contribution is 2.36. The molecule has 0 unspecified atom stereocenters. The first-order valence-corrected chi connectivity index (χ1v) is 12.1. The summed E-state index contributed by atoms with van der Waals surface area (Å²) in [6, 6.07) is 8.83. The number of carbonyl (C=O) groups excluding carboxylic acids is 1. The van der Waals surface area contributed by atoms with Crippen LogP contribution in [0.25, 0.3) is 5.00 Å². The number of rotatable bonds is 2. The third-order valence-corrected chi connectivity index (χ3v) is 6.57. The second kappa shape index (κ2) is 9.59. The van der Waals surface area contributed by atoms with Crippen molar-refractivity contribution in [2.75, 3.05) is 0 Å². The van der Waals surface area contributed by atoms with E-state index in [1.54, 1.807) is 11.3 Å². The Morgan fingerprint density at radius 2 is 1.73 bits per heavy atom. The van der Waals surface area contributed by atoms with Gasteiger partial charge in [-0.25, -0.2) is 0 Å². The van der Waals surface area contributed by atoms with Gasteiger partial charge in [0.15, 0.2) is 5.82 Å². The molecule has 0 saturated carbocycles. The highest BCUT2D eigenvalue weighted by Gasteiger charge is 2.26. The van der Waals surface area contributed by atoms with Crippen molar-refractivity contribution in [2.24, 2.45) is 4.99 Å². The molecule has 0 N–H and O–H groups in total. The average molecular weight is 467 g/mol. The fourth-order valence-electron chi connectivity index (χ4n) is 3.74. The molecular formula is C26H34N4O2S. The Balaban J connectivity index is 0.000000331. The first-order valence-electron chi connectivity index (χ1n) is 11.2. The summed E-state index contributed by atoms with van der Waals surface area (Å²) in [7, 11) is 0. The van der Waals surface area contributed by atoms with E-state index in [1.807, 2.05) is 27.7 Å². The highest BCUT2D eigenvalue weighted by molar-refractivity contribution is 7.15. The number of esters is 1. The van der Waals surface area contributed by atoms with Gasteiger partial charge in [0.05, 0.1) is 5.71 Å². The van der Waals surface area contributed by atoms with Crippen LogP contribution < -0.4 is 0 Å². The Labute approximate surface area is 200 Å². The van der Waals surface area contributed by atoms with E-state index in [1.165, 1.54) is 39.1 Å². The summed E-state index contributed by atoms with van der Waals surface area (Å²) in [5, 5.41) is 9.78. The summed E-state index contributed by atoms with van der Waals surface area (Å²) in [6.45, 7) is 18.3. The van der Waals surface area contributed by atoms with E-state index in [0.29, 0.717) is 12.5 Å². The SMILES string of the molecule is CC(=O)OC(C)(C)C.Cc1sc2c(c1C)C(c1ccc(C(C)C)cc1)=NCc1nnc(C)n1-2. The number of aliphatic imine (C=N–C) groups is 1. The van der Waals surface area contributed by atoms with Crippen molar-refractivity contribution in [1.29, 1.82) is 0 Å². The first kappa shape index (κ1) is 24.8. The third-order valence-electron chi connectivity index (χ3n) is 5.38. The van der Waals surface area contributed by atoms with Crippen LogP contribution >= 0.6 is 11.3 Å². The molecule has 6 nitrogen and oxygen atoms in total. The maximum absolute atomic E-state index is 10.2. The molecule has 1 aliphatic rings. The molecule has 2 aromatic heterocycles. The van der Waals surface area contributed by atoms with Crippen molar-refractivity contribution in [1.82, 2.24) is 14.8 Å². The summed E-state index contributed by atoms with van der Waals surface area (Å²) in [6.07, 6.45) is 0. The number of fused-ring (bicyclic) bond motifs is 3. The molecule has 0 bridgehead atoms. The van der Waals surface area contributed by atoms with Gasteiger partial charge in [-0.3, -0.25) is 14.4 Å². The van der Waals surface area contributed by atoms with E-state index in [9.17, 15) is 4.79 Å². The summed E-state index contributed by atoms with van der Waals surface area (Å²) in [5.41, 5.74) is 5.78. The van der Waals surface area contributed by atoms with Gasteiger partial charge in [0.25, 0.3) is 0 Å². The van der Waals surface area contributed by atoms with Crippen molar-refractivity contribution in [3.63, 3.8) is 0 Å². The molecule has 0 spiro atoms. The number of thiophene rings is 1. The first-order chi connectivity index (χ1) is 15.4. The monoisotopic (exact) mass is 466 g/mol. The lowest BCUT2D eigenvalue weighted by molar-refractivity contribution is -0.151. The van der Waals surface area contributed by atoms with Crippen molar-refractivity contribution in [3.8, 4) is 5.00 Å².